The molecule has 2 unspecified atom stereocenters. The number of allylic oxidation sites excluding steroid dienone is 9. The molecule has 2 atom stereocenters. The molecule has 0 fully saturated rings. The fraction of sp³-hybridized carbons (Fsp3) is 0.786. The van der Waals surface area contributed by atoms with Crippen LogP contribution in [0.5, 0.6) is 0 Å². The van der Waals surface area contributed by atoms with Crippen molar-refractivity contribution in [3.63, 3.8) is 0 Å². The monoisotopic (exact) mass is 868 g/mol. The molecule has 0 aromatic rings. The van der Waals surface area contributed by atoms with Crippen LogP contribution in [0.1, 0.15) is 258 Å². The topological polar surface area (TPSA) is 95.9 Å². The number of carbonyl (C=O) groups excluding carboxylic acids is 2. The quantitative estimate of drug-likeness (QED) is 0.0245. The molecule has 0 aliphatic heterocycles. The zero-order valence-electron chi connectivity index (χ0n) is 40.8. The Labute approximate surface area is 384 Å². The number of nitrogens with one attached hydrogen (secondary N) is 1. The number of amides is 1. The summed E-state index contributed by atoms with van der Waals surface area (Å²) in [7, 11) is 0. The molecule has 360 valence electrons. The van der Waals surface area contributed by atoms with Gasteiger partial charge < -0.3 is 20.3 Å². The number of unbranched alkanes of at least 4 members (excludes halogenated alkanes) is 30. The van der Waals surface area contributed by atoms with E-state index < -0.39 is 12.1 Å². The predicted molar refractivity (Wildman–Crippen MR) is 268 cm³/mol. The van der Waals surface area contributed by atoms with Crippen molar-refractivity contribution in [3.05, 3.63) is 60.8 Å². The lowest BCUT2D eigenvalue weighted by Crippen LogP contribution is -2.45. The summed E-state index contributed by atoms with van der Waals surface area (Å²) in [5, 5.41) is 23.0. The highest BCUT2D eigenvalue weighted by Crippen LogP contribution is 2.15. The first kappa shape index (κ1) is 59.6. The Bertz CT molecular complexity index is 1090. The molecule has 3 N–H and O–H groups in total. The molecule has 6 heteroatoms. The Morgan fingerprint density at radius 3 is 1.39 bits per heavy atom. The van der Waals surface area contributed by atoms with Crippen LogP contribution in [0, 0.1) is 0 Å². The van der Waals surface area contributed by atoms with Crippen LogP contribution in [0.3, 0.4) is 0 Å². The minimum Gasteiger partial charge on any atom is -0.466 e. The second-order valence-corrected chi connectivity index (χ2v) is 17.9. The fourth-order valence-corrected chi connectivity index (χ4v) is 7.66. The van der Waals surface area contributed by atoms with E-state index in [0.29, 0.717) is 19.4 Å². The van der Waals surface area contributed by atoms with E-state index in [1.807, 2.05) is 6.08 Å². The Morgan fingerprint density at radius 2 is 0.887 bits per heavy atom. The smallest absolute Gasteiger partial charge is 0.305 e. The lowest BCUT2D eigenvalue weighted by Gasteiger charge is -2.20. The number of esters is 1. The highest BCUT2D eigenvalue weighted by Gasteiger charge is 2.18. The molecule has 1 amide bonds. The summed E-state index contributed by atoms with van der Waals surface area (Å²) in [5.74, 6) is -0.111. The zero-order chi connectivity index (χ0) is 45.1. The summed E-state index contributed by atoms with van der Waals surface area (Å²) in [6.07, 6.45) is 65.1. The molecule has 0 aromatic heterocycles. The van der Waals surface area contributed by atoms with Gasteiger partial charge in [-0.3, -0.25) is 9.59 Å². The van der Waals surface area contributed by atoms with E-state index in [0.717, 1.165) is 89.9 Å². The second kappa shape index (κ2) is 51.2. The van der Waals surface area contributed by atoms with Gasteiger partial charge in [0.1, 0.15) is 0 Å². The van der Waals surface area contributed by atoms with Crippen molar-refractivity contribution in [2.75, 3.05) is 13.2 Å². The number of carbonyl (C=O) groups is 2. The van der Waals surface area contributed by atoms with Crippen LogP contribution in [-0.2, 0) is 14.3 Å². The van der Waals surface area contributed by atoms with Crippen LogP contribution in [0.25, 0.3) is 0 Å². The van der Waals surface area contributed by atoms with Crippen molar-refractivity contribution in [2.24, 2.45) is 0 Å². The van der Waals surface area contributed by atoms with Crippen molar-refractivity contribution in [1.82, 2.24) is 5.32 Å². The van der Waals surface area contributed by atoms with E-state index in [2.05, 4.69) is 67.8 Å². The molecular weight excluding hydrogens is 767 g/mol. The van der Waals surface area contributed by atoms with Gasteiger partial charge in [0, 0.05) is 12.8 Å². The van der Waals surface area contributed by atoms with Gasteiger partial charge in [0.25, 0.3) is 0 Å². The average Bonchev–Trinajstić information content (AvgIpc) is 3.27. The third kappa shape index (κ3) is 47.0. The maximum Gasteiger partial charge on any atom is 0.305 e. The highest BCUT2D eigenvalue weighted by molar-refractivity contribution is 5.76. The van der Waals surface area contributed by atoms with Gasteiger partial charge in [-0.25, -0.2) is 0 Å². The Kier molecular flexibility index (Phi) is 49.2. The normalized spacial score (nSPS) is 13.2. The third-order valence-corrected chi connectivity index (χ3v) is 11.8. The Hall–Kier alpha value is -2.44. The summed E-state index contributed by atoms with van der Waals surface area (Å²) in [5.41, 5.74) is 0. The zero-order valence-corrected chi connectivity index (χ0v) is 40.8. The maximum atomic E-state index is 12.4. The molecule has 62 heavy (non-hydrogen) atoms. The largest absolute Gasteiger partial charge is 0.466 e. The SMILES string of the molecule is CCC/C=C\C/C=C\CCCCCCCC(=O)OCCCCC/C=C\C=C/CCCCCCCCCCCCC(=O)NC(CO)C(O)/C=C/CCCCCCCCCCCCC. The van der Waals surface area contributed by atoms with Crippen molar-refractivity contribution in [2.45, 2.75) is 270 Å². The van der Waals surface area contributed by atoms with Crippen molar-refractivity contribution < 1.29 is 24.5 Å². The summed E-state index contributed by atoms with van der Waals surface area (Å²) < 4.78 is 5.43. The first-order valence-electron chi connectivity index (χ1n) is 26.6. The second-order valence-electron chi connectivity index (χ2n) is 17.9. The number of aliphatic hydroxyl groups excluding tert-OH is 2. The van der Waals surface area contributed by atoms with Crippen LogP contribution >= 0.6 is 0 Å². The van der Waals surface area contributed by atoms with E-state index in [4.69, 9.17) is 4.74 Å². The van der Waals surface area contributed by atoms with E-state index in [1.54, 1.807) is 6.08 Å². The van der Waals surface area contributed by atoms with Crippen LogP contribution in [0.15, 0.2) is 60.8 Å². The lowest BCUT2D eigenvalue weighted by molar-refractivity contribution is -0.143. The third-order valence-electron chi connectivity index (χ3n) is 11.8. The van der Waals surface area contributed by atoms with Crippen LogP contribution < -0.4 is 5.32 Å². The first-order chi connectivity index (χ1) is 30.5. The Morgan fingerprint density at radius 1 is 0.468 bits per heavy atom. The fourth-order valence-electron chi connectivity index (χ4n) is 7.66. The number of aliphatic hydroxyl groups is 2. The molecule has 0 radical (unpaired) electrons. The molecule has 0 aliphatic carbocycles. The van der Waals surface area contributed by atoms with Gasteiger partial charge in [0.2, 0.25) is 5.91 Å². The van der Waals surface area contributed by atoms with Crippen molar-refractivity contribution in [1.29, 1.82) is 0 Å². The molecule has 0 spiro atoms. The van der Waals surface area contributed by atoms with Gasteiger partial charge in [-0.05, 0) is 89.9 Å². The molecule has 0 aliphatic rings. The molecular formula is C56H101NO5. The van der Waals surface area contributed by atoms with Gasteiger partial charge in [-0.15, -0.1) is 0 Å². The molecule has 0 rings (SSSR count). The minimum absolute atomic E-state index is 0.0307. The van der Waals surface area contributed by atoms with Crippen LogP contribution in [0.2, 0.25) is 0 Å². The lowest BCUT2D eigenvalue weighted by atomic mass is 10.0. The minimum atomic E-state index is -0.852. The molecule has 0 bridgehead atoms. The number of ether oxygens (including phenoxy) is 1. The highest BCUT2D eigenvalue weighted by atomic mass is 16.5. The average molecular weight is 868 g/mol. The van der Waals surface area contributed by atoms with Gasteiger partial charge in [-0.1, -0.05) is 216 Å². The number of hydrogen-bond acceptors (Lipinski definition) is 5. The predicted octanol–water partition coefficient (Wildman–Crippen LogP) is 16.0. The van der Waals surface area contributed by atoms with Crippen molar-refractivity contribution >= 4 is 11.9 Å². The Balaban J connectivity index is 3.53. The number of rotatable bonds is 48. The van der Waals surface area contributed by atoms with Crippen molar-refractivity contribution in [3.8, 4) is 0 Å². The molecule has 6 nitrogen and oxygen atoms in total. The maximum absolute atomic E-state index is 12.4. The van der Waals surface area contributed by atoms with E-state index in [-0.39, 0.29) is 18.5 Å². The first-order valence-corrected chi connectivity index (χ1v) is 26.6. The van der Waals surface area contributed by atoms with E-state index in [1.165, 1.54) is 141 Å². The summed E-state index contributed by atoms with van der Waals surface area (Å²) >= 11 is 0. The molecule has 0 saturated heterocycles. The van der Waals surface area contributed by atoms with Crippen LogP contribution in [-0.4, -0.2) is 47.4 Å². The van der Waals surface area contributed by atoms with E-state index >= 15 is 0 Å². The molecule has 0 heterocycles. The van der Waals surface area contributed by atoms with Gasteiger partial charge >= 0.3 is 5.97 Å². The standard InChI is InChI=1S/C56H101NO5/c1-3-5-7-9-11-13-15-24-28-32-36-40-44-48-54(59)53(52-58)57-55(60)49-45-41-37-33-29-26-22-20-18-17-19-21-23-27-31-35-39-43-47-51-62-56(61)50-46-42-38-34-30-25-16-14-12-10-8-6-4-2/h8,10,14,16,21,23,27,31,44,48,53-54,58-59H,3-7,9,11-13,15,17-20,22,24-26,28-30,32-43,45-47,49-52H2,1-2H3,(H,57,60)/b10-8-,16-14-,23-21-,31-27-,48-44+. The van der Waals surface area contributed by atoms with Gasteiger partial charge in [0.05, 0.1) is 25.4 Å². The molecule has 0 saturated carbocycles. The summed E-state index contributed by atoms with van der Waals surface area (Å²) in [6, 6.07) is -0.636. The van der Waals surface area contributed by atoms with Crippen LogP contribution in [0.4, 0.5) is 0 Å². The van der Waals surface area contributed by atoms with Gasteiger partial charge in [0.15, 0.2) is 0 Å². The number of hydrogen-bond donors (Lipinski definition) is 3. The summed E-state index contributed by atoms with van der Waals surface area (Å²) in [4.78, 5) is 24.4. The molecule has 0 aromatic carbocycles. The van der Waals surface area contributed by atoms with Gasteiger partial charge in [-0.2, -0.15) is 0 Å². The van der Waals surface area contributed by atoms with E-state index in [9.17, 15) is 19.8 Å². The summed E-state index contributed by atoms with van der Waals surface area (Å²) in [6.45, 7) is 4.77.